The smallest absolute Gasteiger partial charge is 0.285 e. The first kappa shape index (κ1) is 16.4. The topological polar surface area (TPSA) is 67.8 Å². The molecule has 1 N–H and O–H groups in total. The van der Waals surface area contributed by atoms with Gasteiger partial charge in [0.05, 0.1) is 0 Å². The number of anilines is 1. The molecule has 0 radical (unpaired) electrons. The van der Waals surface area contributed by atoms with Crippen LogP contribution in [0.1, 0.15) is 11.1 Å². The highest BCUT2D eigenvalue weighted by Crippen LogP contribution is 2.27. The summed E-state index contributed by atoms with van der Waals surface area (Å²) < 4.78 is 33.7. The Labute approximate surface area is 152 Å². The van der Waals surface area contributed by atoms with Crippen molar-refractivity contribution >= 4 is 21.5 Å². The molecule has 0 unspecified atom stereocenters. The van der Waals surface area contributed by atoms with Crippen LogP contribution in [0.5, 0.6) is 5.75 Å². The van der Waals surface area contributed by atoms with Crippen LogP contribution in [0, 0.1) is 0 Å². The van der Waals surface area contributed by atoms with Crippen molar-refractivity contribution in [1.29, 1.82) is 0 Å². The van der Waals surface area contributed by atoms with E-state index in [2.05, 4.69) is 9.71 Å². The highest BCUT2D eigenvalue weighted by molar-refractivity contribution is 7.90. The Morgan fingerprint density at radius 2 is 1.54 bits per heavy atom. The highest BCUT2D eigenvalue weighted by atomic mass is 32.2. The molecule has 0 amide bonds. The number of sulfonamides is 1. The molecule has 3 aromatic carbocycles. The predicted octanol–water partition coefficient (Wildman–Crippen LogP) is 3.83. The molecule has 0 spiro atoms. The lowest BCUT2D eigenvalue weighted by Gasteiger charge is -2.09. The van der Waals surface area contributed by atoms with E-state index in [9.17, 15) is 8.42 Å². The number of rotatable bonds is 4. The zero-order valence-corrected chi connectivity index (χ0v) is 14.6. The fourth-order valence-electron chi connectivity index (χ4n) is 2.71. The first-order valence-corrected chi connectivity index (χ1v) is 9.54. The van der Waals surface area contributed by atoms with E-state index in [-0.39, 0.29) is 4.90 Å². The van der Waals surface area contributed by atoms with Crippen molar-refractivity contribution in [3.05, 3.63) is 90.0 Å². The van der Waals surface area contributed by atoms with Gasteiger partial charge in [0.15, 0.2) is 5.84 Å². The van der Waals surface area contributed by atoms with Crippen LogP contribution in [0.3, 0.4) is 0 Å². The summed E-state index contributed by atoms with van der Waals surface area (Å²) in [4.78, 5) is 0.227. The van der Waals surface area contributed by atoms with E-state index in [1.54, 1.807) is 24.3 Å². The number of benzene rings is 3. The molecule has 3 aromatic rings. The molecule has 0 saturated carbocycles. The van der Waals surface area contributed by atoms with Crippen LogP contribution in [0.15, 0.2) is 88.2 Å². The molecule has 1 aliphatic heterocycles. The number of nitrogens with one attached hydrogen (secondary N) is 1. The molecular weight excluding hydrogens is 348 g/mol. The second kappa shape index (κ2) is 6.65. The van der Waals surface area contributed by atoms with Gasteiger partial charge < -0.3 is 10.1 Å². The summed E-state index contributed by atoms with van der Waals surface area (Å²) in [5.41, 5.74) is 2.41. The van der Waals surface area contributed by atoms with Crippen molar-refractivity contribution in [3.8, 4) is 5.75 Å². The second-order valence-electron chi connectivity index (χ2n) is 5.83. The van der Waals surface area contributed by atoms with Crippen molar-refractivity contribution in [2.24, 2.45) is 4.40 Å². The molecule has 5 nitrogen and oxygen atoms in total. The van der Waals surface area contributed by atoms with E-state index >= 15 is 0 Å². The minimum Gasteiger partial charge on any atom is -0.489 e. The van der Waals surface area contributed by atoms with Gasteiger partial charge in [-0.2, -0.15) is 8.42 Å². The number of amidine groups is 1. The average molecular weight is 364 g/mol. The maximum absolute atomic E-state index is 12.1. The van der Waals surface area contributed by atoms with Gasteiger partial charge in [-0.15, -0.1) is 4.40 Å². The molecule has 0 atom stereocenters. The predicted molar refractivity (Wildman–Crippen MR) is 101 cm³/mol. The van der Waals surface area contributed by atoms with Crippen LogP contribution in [0.2, 0.25) is 0 Å². The zero-order chi connectivity index (χ0) is 18.0. The normalized spacial score (nSPS) is 14.4. The molecule has 0 bridgehead atoms. The molecule has 0 fully saturated rings. The van der Waals surface area contributed by atoms with Crippen LogP contribution in [-0.4, -0.2) is 14.3 Å². The van der Waals surface area contributed by atoms with Crippen LogP contribution in [0.4, 0.5) is 5.69 Å². The molecule has 0 aromatic heterocycles. The van der Waals surface area contributed by atoms with Crippen molar-refractivity contribution in [2.45, 2.75) is 11.5 Å². The van der Waals surface area contributed by atoms with Gasteiger partial charge in [-0.1, -0.05) is 42.5 Å². The fourth-order valence-corrected chi connectivity index (χ4v) is 3.88. The van der Waals surface area contributed by atoms with Gasteiger partial charge >= 0.3 is 0 Å². The molecule has 0 aliphatic carbocycles. The Kier molecular flexibility index (Phi) is 4.18. The van der Waals surface area contributed by atoms with E-state index in [0.29, 0.717) is 18.0 Å². The molecule has 4 rings (SSSR count). The summed E-state index contributed by atoms with van der Waals surface area (Å²) in [5.74, 6) is 1.07. The van der Waals surface area contributed by atoms with Crippen molar-refractivity contribution in [2.75, 3.05) is 5.32 Å². The third-order valence-electron chi connectivity index (χ3n) is 4.00. The first-order valence-electron chi connectivity index (χ1n) is 8.10. The van der Waals surface area contributed by atoms with Crippen LogP contribution in [-0.2, 0) is 16.6 Å². The van der Waals surface area contributed by atoms with E-state index < -0.39 is 10.0 Å². The summed E-state index contributed by atoms with van der Waals surface area (Å²) >= 11 is 0. The number of ether oxygens (including phenoxy) is 1. The van der Waals surface area contributed by atoms with Gasteiger partial charge in [0, 0.05) is 11.3 Å². The van der Waals surface area contributed by atoms with Crippen LogP contribution < -0.4 is 10.1 Å². The zero-order valence-electron chi connectivity index (χ0n) is 13.8. The molecule has 6 heteroatoms. The minimum absolute atomic E-state index is 0.227. The van der Waals surface area contributed by atoms with Gasteiger partial charge in [0.25, 0.3) is 10.0 Å². The molecule has 130 valence electrons. The third-order valence-corrected chi connectivity index (χ3v) is 5.33. The van der Waals surface area contributed by atoms with Gasteiger partial charge in [-0.25, -0.2) is 0 Å². The van der Waals surface area contributed by atoms with E-state index in [1.807, 2.05) is 54.6 Å². The number of hydrogen-bond acceptors (Lipinski definition) is 4. The average Bonchev–Trinajstić information content (AvgIpc) is 2.93. The summed E-state index contributed by atoms with van der Waals surface area (Å²) in [6.45, 7) is 0.492. The van der Waals surface area contributed by atoms with Crippen molar-refractivity contribution in [3.63, 3.8) is 0 Å². The Hall–Kier alpha value is -3.12. The lowest BCUT2D eigenvalue weighted by molar-refractivity contribution is 0.306. The van der Waals surface area contributed by atoms with E-state index in [1.165, 1.54) is 0 Å². The van der Waals surface area contributed by atoms with Crippen molar-refractivity contribution in [1.82, 2.24) is 0 Å². The van der Waals surface area contributed by atoms with Gasteiger partial charge in [-0.05, 0) is 42.0 Å². The standard InChI is InChI=1S/C20H16N2O3S/c23-26(24)19-9-5-4-8-18(19)20(22-26)21-16-10-12-17(13-11-16)25-14-15-6-2-1-3-7-15/h1-13H,14H2,(H,21,22). The number of hydrogen-bond donors (Lipinski definition) is 1. The Morgan fingerprint density at radius 1 is 0.846 bits per heavy atom. The van der Waals surface area contributed by atoms with Crippen LogP contribution in [0.25, 0.3) is 0 Å². The van der Waals surface area contributed by atoms with Gasteiger partial charge in [0.2, 0.25) is 0 Å². The first-order chi connectivity index (χ1) is 12.6. The number of fused-ring (bicyclic) bond motifs is 1. The highest BCUT2D eigenvalue weighted by Gasteiger charge is 2.28. The third kappa shape index (κ3) is 3.32. The maximum atomic E-state index is 12.1. The maximum Gasteiger partial charge on any atom is 0.285 e. The largest absolute Gasteiger partial charge is 0.489 e. The monoisotopic (exact) mass is 364 g/mol. The molecule has 1 heterocycles. The van der Waals surface area contributed by atoms with Crippen LogP contribution >= 0.6 is 0 Å². The second-order valence-corrected chi connectivity index (χ2v) is 7.41. The molecule has 0 saturated heterocycles. The van der Waals surface area contributed by atoms with E-state index in [4.69, 9.17) is 4.74 Å². The molecule has 26 heavy (non-hydrogen) atoms. The van der Waals surface area contributed by atoms with Gasteiger partial charge in [0.1, 0.15) is 17.3 Å². The lowest BCUT2D eigenvalue weighted by atomic mass is 10.2. The fraction of sp³-hybridized carbons (Fsp3) is 0.0500. The summed E-state index contributed by atoms with van der Waals surface area (Å²) in [6.07, 6.45) is 0. The molecule has 1 aliphatic rings. The summed E-state index contributed by atoms with van der Waals surface area (Å²) in [7, 11) is -3.62. The Bertz CT molecular complexity index is 1060. The lowest BCUT2D eigenvalue weighted by Crippen LogP contribution is -2.11. The minimum atomic E-state index is -3.62. The van der Waals surface area contributed by atoms with Crippen molar-refractivity contribution < 1.29 is 13.2 Å². The van der Waals surface area contributed by atoms with E-state index in [0.717, 1.165) is 17.0 Å². The molecular formula is C20H16N2O3S. The summed E-state index contributed by atoms with van der Waals surface area (Å²) in [6, 6.07) is 24.0. The summed E-state index contributed by atoms with van der Waals surface area (Å²) in [5, 5.41) is 3.07. The quantitative estimate of drug-likeness (QED) is 0.764. The van der Waals surface area contributed by atoms with Gasteiger partial charge in [-0.3, -0.25) is 0 Å². The SMILES string of the molecule is O=S1(=O)N=C(Nc2ccc(OCc3ccccc3)cc2)c2ccccc21. The number of nitrogens with zero attached hydrogens (tertiary/aromatic N) is 1. The Balaban J connectivity index is 1.47. The Morgan fingerprint density at radius 3 is 2.31 bits per heavy atom.